The number of nitrogens with zero attached hydrogens (tertiary/aromatic N) is 5. The Morgan fingerprint density at radius 1 is 1.33 bits per heavy atom. The lowest BCUT2D eigenvalue weighted by molar-refractivity contribution is 0.354. The van der Waals surface area contributed by atoms with Gasteiger partial charge in [-0.15, -0.1) is 0 Å². The summed E-state index contributed by atoms with van der Waals surface area (Å²) < 4.78 is 4.15. The first-order valence-corrected chi connectivity index (χ1v) is 7.31. The minimum Gasteiger partial charge on any atom is -0.330 e. The number of aryl methyl sites for hydroxylation is 2. The van der Waals surface area contributed by atoms with Crippen molar-refractivity contribution in [2.75, 3.05) is 0 Å². The van der Waals surface area contributed by atoms with Crippen molar-refractivity contribution in [3.8, 4) is 0 Å². The largest absolute Gasteiger partial charge is 0.330 e. The third-order valence-electron chi connectivity index (χ3n) is 4.23. The molecule has 1 aliphatic rings. The average Bonchev–Trinajstić information content (AvgIpc) is 3.10. The van der Waals surface area contributed by atoms with E-state index in [4.69, 9.17) is 4.98 Å². The van der Waals surface area contributed by atoms with E-state index < -0.39 is 0 Å². The number of fused-ring (bicyclic) bond motifs is 2. The van der Waals surface area contributed by atoms with Gasteiger partial charge in [0.15, 0.2) is 0 Å². The SMILES string of the molecule is Cn1c(CN[C@@H]2CCc3ncnn3C2)nc2ccccc21. The molecule has 4 rings (SSSR count). The molecule has 3 aromatic rings. The average molecular weight is 282 g/mol. The summed E-state index contributed by atoms with van der Waals surface area (Å²) in [7, 11) is 2.07. The summed E-state index contributed by atoms with van der Waals surface area (Å²) >= 11 is 0. The molecule has 6 heteroatoms. The second kappa shape index (κ2) is 4.96. The zero-order chi connectivity index (χ0) is 14.2. The van der Waals surface area contributed by atoms with Crippen LogP contribution in [0.15, 0.2) is 30.6 Å². The molecule has 1 atom stereocenters. The number of rotatable bonds is 3. The molecule has 0 saturated carbocycles. The maximum absolute atomic E-state index is 4.70. The minimum absolute atomic E-state index is 0.430. The van der Waals surface area contributed by atoms with Crippen LogP contribution in [0, 0.1) is 0 Å². The van der Waals surface area contributed by atoms with Gasteiger partial charge in [-0.3, -0.25) is 0 Å². The molecule has 1 aromatic carbocycles. The van der Waals surface area contributed by atoms with Crippen LogP contribution < -0.4 is 5.32 Å². The smallest absolute Gasteiger partial charge is 0.138 e. The molecule has 108 valence electrons. The van der Waals surface area contributed by atoms with Gasteiger partial charge in [-0.1, -0.05) is 12.1 Å². The van der Waals surface area contributed by atoms with E-state index in [-0.39, 0.29) is 0 Å². The summed E-state index contributed by atoms with van der Waals surface area (Å²) in [5.74, 6) is 2.16. The van der Waals surface area contributed by atoms with Crippen molar-refractivity contribution < 1.29 is 0 Å². The molecule has 0 amide bonds. The molecule has 0 saturated heterocycles. The first-order valence-electron chi connectivity index (χ1n) is 7.31. The predicted molar refractivity (Wildman–Crippen MR) is 79.7 cm³/mol. The van der Waals surface area contributed by atoms with Crippen molar-refractivity contribution in [1.82, 2.24) is 29.6 Å². The summed E-state index contributed by atoms with van der Waals surface area (Å²) in [6, 6.07) is 8.67. The molecule has 0 unspecified atom stereocenters. The topological polar surface area (TPSA) is 60.6 Å². The highest BCUT2D eigenvalue weighted by atomic mass is 15.3. The number of para-hydroxylation sites is 2. The van der Waals surface area contributed by atoms with E-state index in [0.29, 0.717) is 6.04 Å². The summed E-state index contributed by atoms with van der Waals surface area (Å²) in [6.45, 7) is 1.67. The number of hydrogen-bond acceptors (Lipinski definition) is 4. The lowest BCUT2D eigenvalue weighted by atomic mass is 10.1. The lowest BCUT2D eigenvalue weighted by Crippen LogP contribution is -2.37. The van der Waals surface area contributed by atoms with Gasteiger partial charge in [-0.25, -0.2) is 14.6 Å². The number of benzene rings is 1. The standard InChI is InChI=1S/C15H18N6/c1-20-13-5-3-2-4-12(13)19-15(20)8-16-11-6-7-14-17-10-18-21(14)9-11/h2-5,10-11,16H,6-9H2,1H3/t11-/m1/s1. The van der Waals surface area contributed by atoms with E-state index in [1.54, 1.807) is 6.33 Å². The zero-order valence-corrected chi connectivity index (χ0v) is 12.0. The van der Waals surface area contributed by atoms with Gasteiger partial charge in [0.25, 0.3) is 0 Å². The normalized spacial score (nSPS) is 18.0. The van der Waals surface area contributed by atoms with E-state index >= 15 is 0 Å². The van der Waals surface area contributed by atoms with Gasteiger partial charge in [-0.05, 0) is 18.6 Å². The minimum atomic E-state index is 0.430. The van der Waals surface area contributed by atoms with Crippen LogP contribution in [-0.4, -0.2) is 30.4 Å². The summed E-state index contributed by atoms with van der Waals surface area (Å²) in [5.41, 5.74) is 2.23. The number of aromatic nitrogens is 5. The molecular formula is C15H18N6. The van der Waals surface area contributed by atoms with Crippen LogP contribution in [0.2, 0.25) is 0 Å². The van der Waals surface area contributed by atoms with Crippen LogP contribution >= 0.6 is 0 Å². The highest BCUT2D eigenvalue weighted by Crippen LogP contribution is 2.15. The monoisotopic (exact) mass is 282 g/mol. The molecule has 0 spiro atoms. The van der Waals surface area contributed by atoms with Gasteiger partial charge >= 0.3 is 0 Å². The number of nitrogens with one attached hydrogen (secondary N) is 1. The van der Waals surface area contributed by atoms with E-state index in [1.807, 2.05) is 10.7 Å². The van der Waals surface area contributed by atoms with Crippen LogP contribution in [0.25, 0.3) is 11.0 Å². The van der Waals surface area contributed by atoms with Gasteiger partial charge < -0.3 is 9.88 Å². The molecule has 1 aliphatic heterocycles. The Morgan fingerprint density at radius 3 is 3.14 bits per heavy atom. The van der Waals surface area contributed by atoms with Crippen LogP contribution in [0.1, 0.15) is 18.1 Å². The van der Waals surface area contributed by atoms with Gasteiger partial charge in [0.2, 0.25) is 0 Å². The van der Waals surface area contributed by atoms with Crippen molar-refractivity contribution in [3.63, 3.8) is 0 Å². The Kier molecular flexibility index (Phi) is 2.96. The highest BCUT2D eigenvalue weighted by Gasteiger charge is 2.19. The van der Waals surface area contributed by atoms with Crippen molar-refractivity contribution in [2.24, 2.45) is 7.05 Å². The van der Waals surface area contributed by atoms with Crippen LogP contribution in [0.5, 0.6) is 0 Å². The molecule has 0 bridgehead atoms. The molecule has 3 heterocycles. The van der Waals surface area contributed by atoms with Crippen molar-refractivity contribution in [1.29, 1.82) is 0 Å². The fraction of sp³-hybridized carbons (Fsp3) is 0.400. The molecule has 0 fully saturated rings. The second-order valence-electron chi connectivity index (χ2n) is 5.55. The van der Waals surface area contributed by atoms with E-state index in [0.717, 1.165) is 43.1 Å². The van der Waals surface area contributed by atoms with Crippen molar-refractivity contribution >= 4 is 11.0 Å². The highest BCUT2D eigenvalue weighted by molar-refractivity contribution is 5.75. The Balaban J connectivity index is 1.48. The van der Waals surface area contributed by atoms with Gasteiger partial charge in [-0.2, -0.15) is 5.10 Å². The first-order chi connectivity index (χ1) is 10.3. The molecule has 0 radical (unpaired) electrons. The van der Waals surface area contributed by atoms with Crippen LogP contribution in [-0.2, 0) is 26.6 Å². The fourth-order valence-electron chi connectivity index (χ4n) is 2.99. The maximum Gasteiger partial charge on any atom is 0.138 e. The Morgan fingerprint density at radius 2 is 2.24 bits per heavy atom. The molecule has 1 N–H and O–H groups in total. The first kappa shape index (κ1) is 12.5. The maximum atomic E-state index is 4.70. The Labute approximate surface area is 122 Å². The Bertz CT molecular complexity index is 771. The van der Waals surface area contributed by atoms with Crippen LogP contribution in [0.3, 0.4) is 0 Å². The Hall–Kier alpha value is -2.21. The molecule has 0 aliphatic carbocycles. The lowest BCUT2D eigenvalue weighted by Gasteiger charge is -2.23. The molecular weight excluding hydrogens is 264 g/mol. The third-order valence-corrected chi connectivity index (χ3v) is 4.23. The predicted octanol–water partition coefficient (Wildman–Crippen LogP) is 1.27. The summed E-state index contributed by atoms with van der Waals surface area (Å²) in [6.07, 6.45) is 3.73. The van der Waals surface area contributed by atoms with Crippen molar-refractivity contribution in [3.05, 3.63) is 42.2 Å². The van der Waals surface area contributed by atoms with Crippen LogP contribution in [0.4, 0.5) is 0 Å². The molecule has 21 heavy (non-hydrogen) atoms. The van der Waals surface area contributed by atoms with Gasteiger partial charge in [0, 0.05) is 19.5 Å². The molecule has 6 nitrogen and oxygen atoms in total. The molecule has 2 aromatic heterocycles. The summed E-state index contributed by atoms with van der Waals surface area (Å²) in [5, 5.41) is 7.86. The number of hydrogen-bond donors (Lipinski definition) is 1. The van der Waals surface area contributed by atoms with Gasteiger partial charge in [0.1, 0.15) is 18.0 Å². The summed E-state index contributed by atoms with van der Waals surface area (Å²) in [4.78, 5) is 8.96. The number of imidazole rings is 1. The van der Waals surface area contributed by atoms with E-state index in [1.165, 1.54) is 5.52 Å². The van der Waals surface area contributed by atoms with E-state index in [2.05, 4.69) is 45.2 Å². The van der Waals surface area contributed by atoms with Gasteiger partial charge in [0.05, 0.1) is 24.1 Å². The quantitative estimate of drug-likeness (QED) is 0.786. The second-order valence-corrected chi connectivity index (χ2v) is 5.55. The third kappa shape index (κ3) is 2.21. The van der Waals surface area contributed by atoms with E-state index in [9.17, 15) is 0 Å². The zero-order valence-electron chi connectivity index (χ0n) is 12.0. The fourth-order valence-corrected chi connectivity index (χ4v) is 2.99. The van der Waals surface area contributed by atoms with Crippen molar-refractivity contribution in [2.45, 2.75) is 32.0 Å².